The molecule has 6 nitrogen and oxygen atoms in total. The van der Waals surface area contributed by atoms with Gasteiger partial charge in [0.1, 0.15) is 6.54 Å². The molecule has 2 aromatic carbocycles. The van der Waals surface area contributed by atoms with Crippen molar-refractivity contribution in [2.45, 2.75) is 72.4 Å². The van der Waals surface area contributed by atoms with E-state index in [0.29, 0.717) is 22.6 Å². The molecule has 0 aromatic heterocycles. The highest BCUT2D eigenvalue weighted by atomic mass is 32.2. The molecular formula is C29H35N3O3S. The molecule has 0 saturated carbocycles. The molecule has 2 aromatic rings. The number of thioether (sulfide) groups is 1. The fourth-order valence-electron chi connectivity index (χ4n) is 5.51. The summed E-state index contributed by atoms with van der Waals surface area (Å²) in [6, 6.07) is 12.1. The van der Waals surface area contributed by atoms with Crippen LogP contribution in [0.4, 0.5) is 16.2 Å². The average Bonchev–Trinajstić information content (AvgIpc) is 3.03. The number of aryl methyl sites for hydroxylation is 2. The van der Waals surface area contributed by atoms with Crippen LogP contribution in [0.3, 0.4) is 0 Å². The van der Waals surface area contributed by atoms with Crippen molar-refractivity contribution >= 4 is 46.3 Å². The molecule has 1 atom stereocenters. The van der Waals surface area contributed by atoms with Crippen molar-refractivity contribution in [3.63, 3.8) is 0 Å². The van der Waals surface area contributed by atoms with E-state index in [1.807, 2.05) is 26.0 Å². The molecule has 190 valence electrons. The lowest BCUT2D eigenvalue weighted by Crippen LogP contribution is -2.51. The molecule has 0 aliphatic carbocycles. The van der Waals surface area contributed by atoms with Gasteiger partial charge in [0.15, 0.2) is 0 Å². The van der Waals surface area contributed by atoms with Gasteiger partial charge in [0, 0.05) is 23.0 Å². The van der Waals surface area contributed by atoms with Gasteiger partial charge in [-0.2, -0.15) is 0 Å². The Morgan fingerprint density at radius 3 is 2.47 bits per heavy atom. The molecular weight excluding hydrogens is 470 g/mol. The first kappa shape index (κ1) is 26.0. The number of nitrogens with zero attached hydrogens (tertiary/aromatic N) is 2. The summed E-state index contributed by atoms with van der Waals surface area (Å²) >= 11 is 0.887. The first-order valence-corrected chi connectivity index (χ1v) is 13.2. The zero-order chi connectivity index (χ0) is 26.4. The molecule has 2 heterocycles. The van der Waals surface area contributed by atoms with Gasteiger partial charge in [0.05, 0.1) is 4.91 Å². The summed E-state index contributed by atoms with van der Waals surface area (Å²) in [4.78, 5) is 42.0. The summed E-state index contributed by atoms with van der Waals surface area (Å²) in [5, 5.41) is 2.32. The minimum absolute atomic E-state index is 0.0519. The molecule has 1 unspecified atom stereocenters. The molecule has 7 heteroatoms. The van der Waals surface area contributed by atoms with Crippen LogP contribution in [0.1, 0.15) is 69.2 Å². The van der Waals surface area contributed by atoms with E-state index >= 15 is 0 Å². The Balaban J connectivity index is 1.56. The fraction of sp³-hybridized carbons (Fsp3) is 0.414. The third kappa shape index (κ3) is 5.07. The van der Waals surface area contributed by atoms with E-state index in [2.05, 4.69) is 57.0 Å². The van der Waals surface area contributed by atoms with Crippen molar-refractivity contribution in [3.8, 4) is 0 Å². The number of carbonyl (C=O) groups is 3. The normalized spacial score (nSPS) is 20.3. The molecule has 0 bridgehead atoms. The summed E-state index contributed by atoms with van der Waals surface area (Å²) in [5.74, 6) is -0.463. The van der Waals surface area contributed by atoms with E-state index in [1.54, 1.807) is 18.2 Å². The maximum Gasteiger partial charge on any atom is 0.294 e. The standard InChI is InChI=1S/C29H35N3O3S/c1-17(2)32-24-12-19(4)21(13-23(24)20(5)15-29(32,6)7)14-25-27(34)31(28(35)36-25)16-26(33)30-22-10-8-18(3)9-11-22/h8-14,17,20H,15-16H2,1-7H3,(H,30,33)/b25-14-. The zero-order valence-electron chi connectivity index (χ0n) is 22.1. The highest BCUT2D eigenvalue weighted by molar-refractivity contribution is 8.18. The van der Waals surface area contributed by atoms with Gasteiger partial charge in [0.2, 0.25) is 5.91 Å². The van der Waals surface area contributed by atoms with E-state index in [9.17, 15) is 14.4 Å². The Kier molecular flexibility index (Phi) is 7.06. The fourth-order valence-corrected chi connectivity index (χ4v) is 6.33. The average molecular weight is 506 g/mol. The highest BCUT2D eigenvalue weighted by Crippen LogP contribution is 2.46. The quantitative estimate of drug-likeness (QED) is 0.471. The second kappa shape index (κ2) is 9.77. The molecule has 0 radical (unpaired) electrons. The lowest BCUT2D eigenvalue weighted by Gasteiger charge is -2.50. The first-order chi connectivity index (χ1) is 16.9. The molecule has 1 saturated heterocycles. The van der Waals surface area contributed by atoms with Gasteiger partial charge < -0.3 is 10.2 Å². The van der Waals surface area contributed by atoms with Gasteiger partial charge in [-0.1, -0.05) is 24.6 Å². The summed E-state index contributed by atoms with van der Waals surface area (Å²) in [6.45, 7) is 15.0. The number of fused-ring (bicyclic) bond motifs is 1. The van der Waals surface area contributed by atoms with Crippen LogP contribution in [-0.2, 0) is 9.59 Å². The van der Waals surface area contributed by atoms with E-state index in [1.165, 1.54) is 11.3 Å². The molecule has 0 spiro atoms. The molecule has 4 rings (SSSR count). The van der Waals surface area contributed by atoms with Crippen LogP contribution in [0.15, 0.2) is 41.3 Å². The van der Waals surface area contributed by atoms with Crippen molar-refractivity contribution in [3.05, 3.63) is 63.6 Å². The van der Waals surface area contributed by atoms with Crippen molar-refractivity contribution in [2.75, 3.05) is 16.8 Å². The predicted octanol–water partition coefficient (Wildman–Crippen LogP) is 6.48. The van der Waals surface area contributed by atoms with Gasteiger partial charge >= 0.3 is 0 Å². The predicted molar refractivity (Wildman–Crippen MR) is 148 cm³/mol. The number of hydrogen-bond donors (Lipinski definition) is 1. The molecule has 3 amide bonds. The Morgan fingerprint density at radius 2 is 1.83 bits per heavy atom. The third-order valence-corrected chi connectivity index (χ3v) is 7.88. The first-order valence-electron chi connectivity index (χ1n) is 12.4. The van der Waals surface area contributed by atoms with Crippen LogP contribution < -0.4 is 10.2 Å². The van der Waals surface area contributed by atoms with E-state index in [-0.39, 0.29) is 12.1 Å². The van der Waals surface area contributed by atoms with Crippen LogP contribution in [-0.4, -0.2) is 40.1 Å². The number of carbonyl (C=O) groups excluding carboxylic acids is 3. The lowest BCUT2D eigenvalue weighted by molar-refractivity contribution is -0.127. The van der Waals surface area contributed by atoms with Crippen molar-refractivity contribution < 1.29 is 14.4 Å². The topological polar surface area (TPSA) is 69.7 Å². The number of rotatable bonds is 5. The van der Waals surface area contributed by atoms with Gasteiger partial charge in [-0.3, -0.25) is 19.3 Å². The largest absolute Gasteiger partial charge is 0.364 e. The lowest BCUT2D eigenvalue weighted by atomic mass is 9.78. The Bertz CT molecular complexity index is 1250. The third-order valence-electron chi connectivity index (χ3n) is 6.98. The summed E-state index contributed by atoms with van der Waals surface area (Å²) < 4.78 is 0. The summed E-state index contributed by atoms with van der Waals surface area (Å²) in [5.41, 5.74) is 6.24. The molecule has 36 heavy (non-hydrogen) atoms. The van der Waals surface area contributed by atoms with Crippen LogP contribution in [0.2, 0.25) is 0 Å². The second-order valence-electron chi connectivity index (χ2n) is 10.8. The molecule has 1 fully saturated rings. The van der Waals surface area contributed by atoms with Gasteiger partial charge in [-0.15, -0.1) is 0 Å². The number of benzene rings is 2. The van der Waals surface area contributed by atoms with E-state index < -0.39 is 17.1 Å². The van der Waals surface area contributed by atoms with Crippen LogP contribution in [0.5, 0.6) is 0 Å². The van der Waals surface area contributed by atoms with Crippen molar-refractivity contribution in [2.24, 2.45) is 0 Å². The SMILES string of the molecule is Cc1ccc(NC(=O)CN2C(=O)S/C(=C\c3cc4c(cc3C)N(C(C)C)C(C)(C)CC4C)C2=O)cc1. The maximum absolute atomic E-state index is 13.1. The number of amides is 3. The minimum Gasteiger partial charge on any atom is -0.364 e. The maximum atomic E-state index is 13.1. The van der Waals surface area contributed by atoms with Gasteiger partial charge in [-0.05, 0) is 113 Å². The van der Waals surface area contributed by atoms with Crippen molar-refractivity contribution in [1.82, 2.24) is 4.90 Å². The zero-order valence-corrected chi connectivity index (χ0v) is 23.0. The van der Waals surface area contributed by atoms with E-state index in [4.69, 9.17) is 0 Å². The molecule has 1 N–H and O–H groups in total. The smallest absolute Gasteiger partial charge is 0.294 e. The Labute approximate surface area is 218 Å². The molecule has 2 aliphatic rings. The molecule has 2 aliphatic heterocycles. The summed E-state index contributed by atoms with van der Waals surface area (Å²) in [7, 11) is 0. The van der Waals surface area contributed by atoms with Crippen LogP contribution in [0.25, 0.3) is 6.08 Å². The van der Waals surface area contributed by atoms with E-state index in [0.717, 1.165) is 39.8 Å². The van der Waals surface area contributed by atoms with Crippen LogP contribution in [0, 0.1) is 13.8 Å². The second-order valence-corrected chi connectivity index (χ2v) is 11.8. The number of imide groups is 1. The highest BCUT2D eigenvalue weighted by Gasteiger charge is 2.39. The number of nitrogens with one attached hydrogen (secondary N) is 1. The Morgan fingerprint density at radius 1 is 1.17 bits per heavy atom. The van der Waals surface area contributed by atoms with Crippen LogP contribution >= 0.6 is 11.8 Å². The van der Waals surface area contributed by atoms with Gasteiger partial charge in [-0.25, -0.2) is 0 Å². The Hall–Kier alpha value is -3.06. The number of anilines is 2. The monoisotopic (exact) mass is 505 g/mol. The summed E-state index contributed by atoms with van der Waals surface area (Å²) in [6.07, 6.45) is 2.83. The minimum atomic E-state index is -0.431. The number of hydrogen-bond acceptors (Lipinski definition) is 5. The van der Waals surface area contributed by atoms with Crippen molar-refractivity contribution in [1.29, 1.82) is 0 Å². The van der Waals surface area contributed by atoms with Gasteiger partial charge in [0.25, 0.3) is 11.1 Å².